The lowest BCUT2D eigenvalue weighted by molar-refractivity contribution is 0.285. The van der Waals surface area contributed by atoms with Crippen LogP contribution in [-0.2, 0) is 6.54 Å². The molecule has 3 nitrogen and oxygen atoms in total. The molecule has 1 aromatic heterocycles. The van der Waals surface area contributed by atoms with Gasteiger partial charge in [0.2, 0.25) is 0 Å². The van der Waals surface area contributed by atoms with Crippen LogP contribution < -0.4 is 4.90 Å². The van der Waals surface area contributed by atoms with Crippen LogP contribution >= 0.6 is 23.2 Å². The summed E-state index contributed by atoms with van der Waals surface area (Å²) in [5.41, 5.74) is 2.39. The fourth-order valence-electron chi connectivity index (χ4n) is 2.84. The highest BCUT2D eigenvalue weighted by Gasteiger charge is 2.17. The zero-order valence-electron chi connectivity index (χ0n) is 12.4. The van der Waals surface area contributed by atoms with Crippen LogP contribution in [0.15, 0.2) is 42.7 Å². The van der Waals surface area contributed by atoms with E-state index in [0.29, 0.717) is 0 Å². The van der Waals surface area contributed by atoms with E-state index < -0.39 is 0 Å². The highest BCUT2D eigenvalue weighted by molar-refractivity contribution is 6.33. The number of anilines is 1. The summed E-state index contributed by atoms with van der Waals surface area (Å²) in [5, 5.41) is 1.52. The van der Waals surface area contributed by atoms with Crippen molar-refractivity contribution in [1.82, 2.24) is 9.88 Å². The lowest BCUT2D eigenvalue weighted by Gasteiger charge is -2.24. The summed E-state index contributed by atoms with van der Waals surface area (Å²) < 4.78 is 0. The lowest BCUT2D eigenvalue weighted by Crippen LogP contribution is -2.30. The van der Waals surface area contributed by atoms with E-state index in [1.807, 2.05) is 18.2 Å². The molecule has 0 radical (unpaired) electrons. The predicted octanol–water partition coefficient (Wildman–Crippen LogP) is 4.10. The van der Waals surface area contributed by atoms with Crippen molar-refractivity contribution in [2.45, 2.75) is 13.0 Å². The molecule has 2 aromatic rings. The molecule has 1 fully saturated rings. The quantitative estimate of drug-likeness (QED) is 0.841. The first-order valence-corrected chi connectivity index (χ1v) is 8.29. The predicted molar refractivity (Wildman–Crippen MR) is 92.8 cm³/mol. The fourth-order valence-corrected chi connectivity index (χ4v) is 3.21. The van der Waals surface area contributed by atoms with Crippen molar-refractivity contribution in [3.05, 3.63) is 58.3 Å². The molecule has 3 rings (SSSR count). The van der Waals surface area contributed by atoms with Gasteiger partial charge in [-0.1, -0.05) is 35.3 Å². The van der Waals surface area contributed by atoms with E-state index >= 15 is 0 Å². The van der Waals surface area contributed by atoms with E-state index in [4.69, 9.17) is 23.2 Å². The largest absolute Gasteiger partial charge is 0.369 e. The van der Waals surface area contributed by atoms with Gasteiger partial charge < -0.3 is 4.90 Å². The summed E-state index contributed by atoms with van der Waals surface area (Å²) in [6.07, 6.45) is 4.65. The molecule has 116 valence electrons. The normalized spacial score (nSPS) is 16.5. The van der Waals surface area contributed by atoms with Gasteiger partial charge in [-0.05, 0) is 30.2 Å². The van der Waals surface area contributed by atoms with E-state index in [0.717, 1.165) is 54.9 Å². The van der Waals surface area contributed by atoms with Crippen LogP contribution in [0.2, 0.25) is 10.0 Å². The Labute approximate surface area is 141 Å². The maximum Gasteiger partial charge on any atom is 0.0822 e. The van der Waals surface area contributed by atoms with Gasteiger partial charge in [0.1, 0.15) is 0 Å². The topological polar surface area (TPSA) is 19.4 Å². The highest BCUT2D eigenvalue weighted by atomic mass is 35.5. The maximum absolute atomic E-state index is 6.26. The number of aromatic nitrogens is 1. The average molecular weight is 336 g/mol. The summed E-state index contributed by atoms with van der Waals surface area (Å²) in [5.74, 6) is 0. The molecule has 5 heteroatoms. The third kappa shape index (κ3) is 3.92. The Kier molecular flexibility index (Phi) is 5.19. The Morgan fingerprint density at radius 1 is 0.955 bits per heavy atom. The van der Waals surface area contributed by atoms with Gasteiger partial charge in [-0.3, -0.25) is 9.88 Å². The van der Waals surface area contributed by atoms with E-state index in [1.54, 1.807) is 12.4 Å². The first-order valence-electron chi connectivity index (χ1n) is 7.53. The van der Waals surface area contributed by atoms with Crippen molar-refractivity contribution < 1.29 is 0 Å². The average Bonchev–Trinajstić information content (AvgIpc) is 2.76. The SMILES string of the molecule is Clc1ccc(CN2CCCN(c3ccncc3Cl)CC2)cc1. The number of nitrogens with zero attached hydrogens (tertiary/aromatic N) is 3. The molecule has 0 bridgehead atoms. The minimum absolute atomic E-state index is 0.730. The molecule has 1 aliphatic heterocycles. The van der Waals surface area contributed by atoms with Crippen LogP contribution in [0, 0.1) is 0 Å². The summed E-state index contributed by atoms with van der Waals surface area (Å²) in [6, 6.07) is 10.1. The van der Waals surface area contributed by atoms with E-state index in [2.05, 4.69) is 26.9 Å². The second kappa shape index (κ2) is 7.32. The standard InChI is InChI=1S/C17H19Cl2N3/c18-15-4-2-14(3-5-15)13-21-8-1-9-22(11-10-21)17-6-7-20-12-16(17)19/h2-7,12H,1,8-11,13H2. The number of halogens is 2. The van der Waals surface area contributed by atoms with Crippen molar-refractivity contribution in [2.75, 3.05) is 31.1 Å². The molecule has 0 aliphatic carbocycles. The van der Waals surface area contributed by atoms with E-state index in [1.165, 1.54) is 5.56 Å². The molecular formula is C17H19Cl2N3. The number of rotatable bonds is 3. The number of hydrogen-bond donors (Lipinski definition) is 0. The Bertz CT molecular complexity index is 616. The number of hydrogen-bond acceptors (Lipinski definition) is 3. The van der Waals surface area contributed by atoms with Gasteiger partial charge in [0.15, 0.2) is 0 Å². The Hall–Kier alpha value is -1.29. The minimum atomic E-state index is 0.730. The second-order valence-corrected chi connectivity index (χ2v) is 6.41. The van der Waals surface area contributed by atoms with Crippen LogP contribution in [0.4, 0.5) is 5.69 Å². The zero-order valence-corrected chi connectivity index (χ0v) is 13.9. The third-order valence-electron chi connectivity index (χ3n) is 4.00. The number of benzene rings is 1. The molecule has 0 atom stereocenters. The summed E-state index contributed by atoms with van der Waals surface area (Å²) >= 11 is 12.2. The maximum atomic E-state index is 6.26. The van der Waals surface area contributed by atoms with Gasteiger partial charge in [-0.15, -0.1) is 0 Å². The van der Waals surface area contributed by atoms with Gasteiger partial charge in [0.25, 0.3) is 0 Å². The van der Waals surface area contributed by atoms with Gasteiger partial charge in [-0.2, -0.15) is 0 Å². The summed E-state index contributed by atoms with van der Waals surface area (Å²) in [6.45, 7) is 5.11. The molecular weight excluding hydrogens is 317 g/mol. The second-order valence-electron chi connectivity index (χ2n) is 5.57. The van der Waals surface area contributed by atoms with Crippen LogP contribution in [-0.4, -0.2) is 36.1 Å². The van der Waals surface area contributed by atoms with Crippen LogP contribution in [0.3, 0.4) is 0 Å². The molecule has 0 spiro atoms. The molecule has 0 unspecified atom stereocenters. The van der Waals surface area contributed by atoms with E-state index in [-0.39, 0.29) is 0 Å². The molecule has 0 saturated carbocycles. The summed E-state index contributed by atoms with van der Waals surface area (Å²) in [7, 11) is 0. The molecule has 0 N–H and O–H groups in total. The Morgan fingerprint density at radius 2 is 1.77 bits per heavy atom. The molecule has 1 saturated heterocycles. The van der Waals surface area contributed by atoms with Crippen molar-refractivity contribution in [3.8, 4) is 0 Å². The fraction of sp³-hybridized carbons (Fsp3) is 0.353. The molecule has 0 amide bonds. The molecule has 1 aliphatic rings. The van der Waals surface area contributed by atoms with Crippen LogP contribution in [0.25, 0.3) is 0 Å². The summed E-state index contributed by atoms with van der Waals surface area (Å²) in [4.78, 5) is 8.90. The van der Waals surface area contributed by atoms with Crippen molar-refractivity contribution in [3.63, 3.8) is 0 Å². The van der Waals surface area contributed by atoms with E-state index in [9.17, 15) is 0 Å². The number of pyridine rings is 1. The first-order chi connectivity index (χ1) is 10.7. The first kappa shape index (κ1) is 15.6. The minimum Gasteiger partial charge on any atom is -0.369 e. The molecule has 2 heterocycles. The van der Waals surface area contributed by atoms with Gasteiger partial charge in [-0.25, -0.2) is 0 Å². The Balaban J connectivity index is 1.62. The van der Waals surface area contributed by atoms with Crippen molar-refractivity contribution in [1.29, 1.82) is 0 Å². The van der Waals surface area contributed by atoms with Gasteiger partial charge in [0.05, 0.1) is 10.7 Å². The zero-order chi connectivity index (χ0) is 15.4. The lowest BCUT2D eigenvalue weighted by atomic mass is 10.2. The molecule has 1 aromatic carbocycles. The highest BCUT2D eigenvalue weighted by Crippen LogP contribution is 2.25. The monoisotopic (exact) mass is 335 g/mol. The third-order valence-corrected chi connectivity index (χ3v) is 4.54. The van der Waals surface area contributed by atoms with Crippen molar-refractivity contribution in [2.24, 2.45) is 0 Å². The molecule has 22 heavy (non-hydrogen) atoms. The smallest absolute Gasteiger partial charge is 0.0822 e. The van der Waals surface area contributed by atoms with Crippen LogP contribution in [0.5, 0.6) is 0 Å². The Morgan fingerprint density at radius 3 is 2.55 bits per heavy atom. The van der Waals surface area contributed by atoms with Crippen molar-refractivity contribution >= 4 is 28.9 Å². The van der Waals surface area contributed by atoms with Gasteiger partial charge in [0, 0.05) is 50.1 Å². The van der Waals surface area contributed by atoms with Crippen LogP contribution in [0.1, 0.15) is 12.0 Å². The van der Waals surface area contributed by atoms with Gasteiger partial charge >= 0.3 is 0 Å².